The number of hydrogen-bond acceptors (Lipinski definition) is 6. The van der Waals surface area contributed by atoms with Crippen molar-refractivity contribution < 1.29 is 22.8 Å². The summed E-state index contributed by atoms with van der Waals surface area (Å²) in [5, 5.41) is 13.8. The van der Waals surface area contributed by atoms with Crippen LogP contribution < -0.4 is 10.6 Å². The van der Waals surface area contributed by atoms with Crippen LogP contribution in [-0.4, -0.2) is 32.3 Å². The minimum atomic E-state index is -1.04. The summed E-state index contributed by atoms with van der Waals surface area (Å²) in [5.74, 6) is -2.09. The summed E-state index contributed by atoms with van der Waals surface area (Å²) in [5.41, 5.74) is 0.160. The van der Waals surface area contributed by atoms with Crippen LogP contribution in [0.25, 0.3) is 0 Å². The number of carbonyl (C=O) groups is 2. The van der Waals surface area contributed by atoms with E-state index in [2.05, 4.69) is 20.8 Å². The van der Waals surface area contributed by atoms with Crippen LogP contribution in [0.3, 0.4) is 0 Å². The van der Waals surface area contributed by atoms with Crippen LogP contribution >= 0.6 is 11.8 Å². The summed E-state index contributed by atoms with van der Waals surface area (Å²) >= 11 is 1.14. The van der Waals surface area contributed by atoms with Crippen molar-refractivity contribution in [1.82, 2.24) is 20.1 Å². The highest BCUT2D eigenvalue weighted by Crippen LogP contribution is 2.18. The van der Waals surface area contributed by atoms with Crippen LogP contribution in [-0.2, 0) is 17.9 Å². The second-order valence-corrected chi connectivity index (χ2v) is 6.71. The first-order valence-electron chi connectivity index (χ1n) is 8.59. The lowest BCUT2D eigenvalue weighted by atomic mass is 10.3. The molecule has 0 aliphatic heterocycles. The highest BCUT2D eigenvalue weighted by molar-refractivity contribution is 7.99. The molecule has 11 heteroatoms. The van der Waals surface area contributed by atoms with Crippen LogP contribution in [0.15, 0.2) is 46.2 Å². The second-order valence-electron chi connectivity index (χ2n) is 5.77. The summed E-state index contributed by atoms with van der Waals surface area (Å²) in [6.45, 7) is 2.56. The molecule has 0 saturated carbocycles. The lowest BCUT2D eigenvalue weighted by Gasteiger charge is -2.08. The van der Waals surface area contributed by atoms with Gasteiger partial charge in [-0.1, -0.05) is 11.8 Å². The van der Waals surface area contributed by atoms with Crippen LogP contribution in [0.5, 0.6) is 0 Å². The zero-order valence-corrected chi connectivity index (χ0v) is 16.1. The summed E-state index contributed by atoms with van der Waals surface area (Å²) in [7, 11) is 0. The SMILES string of the molecule is CCn1c(CNC(=O)c2ccco2)nnc1SCC(=O)Nc1ccc(F)c(F)c1. The van der Waals surface area contributed by atoms with Gasteiger partial charge >= 0.3 is 0 Å². The van der Waals surface area contributed by atoms with E-state index in [1.807, 2.05) is 6.92 Å². The molecule has 2 N–H and O–H groups in total. The van der Waals surface area contributed by atoms with E-state index in [4.69, 9.17) is 4.42 Å². The number of benzene rings is 1. The first-order chi connectivity index (χ1) is 14.0. The predicted molar refractivity (Wildman–Crippen MR) is 101 cm³/mol. The highest BCUT2D eigenvalue weighted by Gasteiger charge is 2.15. The molecule has 0 atom stereocenters. The van der Waals surface area contributed by atoms with Crippen molar-refractivity contribution >= 4 is 29.3 Å². The summed E-state index contributed by atoms with van der Waals surface area (Å²) < 4.78 is 32.9. The fourth-order valence-electron chi connectivity index (χ4n) is 2.43. The molecule has 0 unspecified atom stereocenters. The van der Waals surface area contributed by atoms with Crippen molar-refractivity contribution in [3.05, 3.63) is 59.8 Å². The molecule has 152 valence electrons. The van der Waals surface area contributed by atoms with E-state index < -0.39 is 17.5 Å². The van der Waals surface area contributed by atoms with Crippen LogP contribution in [0.1, 0.15) is 23.3 Å². The van der Waals surface area contributed by atoms with Crippen LogP contribution in [0, 0.1) is 11.6 Å². The van der Waals surface area contributed by atoms with E-state index in [1.165, 1.54) is 12.3 Å². The van der Waals surface area contributed by atoms with Gasteiger partial charge in [-0.25, -0.2) is 8.78 Å². The van der Waals surface area contributed by atoms with Gasteiger partial charge in [0.2, 0.25) is 5.91 Å². The molecule has 0 bridgehead atoms. The number of nitrogens with zero attached hydrogens (tertiary/aromatic N) is 3. The zero-order chi connectivity index (χ0) is 20.8. The van der Waals surface area contributed by atoms with Crippen LogP contribution in [0.4, 0.5) is 14.5 Å². The maximum absolute atomic E-state index is 13.2. The second kappa shape index (κ2) is 9.32. The number of carbonyl (C=O) groups excluding carboxylic acids is 2. The van der Waals surface area contributed by atoms with Gasteiger partial charge in [0.05, 0.1) is 18.6 Å². The summed E-state index contributed by atoms with van der Waals surface area (Å²) in [6.07, 6.45) is 1.41. The standard InChI is InChI=1S/C18H17F2N5O3S/c1-2-25-15(9-21-17(27)14-4-3-7-28-14)23-24-18(25)29-10-16(26)22-11-5-6-12(19)13(20)8-11/h3-8H,2,9-10H2,1H3,(H,21,27)(H,22,26). The highest BCUT2D eigenvalue weighted by atomic mass is 32.2. The first kappa shape index (κ1) is 20.5. The minimum Gasteiger partial charge on any atom is -0.459 e. The van der Waals surface area contributed by atoms with E-state index in [1.54, 1.807) is 16.7 Å². The molecule has 3 rings (SSSR count). The summed E-state index contributed by atoms with van der Waals surface area (Å²) in [4.78, 5) is 24.0. The molecule has 0 saturated heterocycles. The Kier molecular flexibility index (Phi) is 6.60. The third-order valence-electron chi connectivity index (χ3n) is 3.80. The van der Waals surface area contributed by atoms with Gasteiger partial charge in [-0.3, -0.25) is 9.59 Å². The van der Waals surface area contributed by atoms with E-state index in [0.717, 1.165) is 23.9 Å². The average Bonchev–Trinajstić information content (AvgIpc) is 3.37. The maximum Gasteiger partial charge on any atom is 0.287 e. The quantitative estimate of drug-likeness (QED) is 0.543. The number of aromatic nitrogens is 3. The fraction of sp³-hybridized carbons (Fsp3) is 0.222. The minimum absolute atomic E-state index is 0.00408. The molecule has 0 aliphatic rings. The van der Waals surface area contributed by atoms with Crippen molar-refractivity contribution in [3.8, 4) is 0 Å². The largest absolute Gasteiger partial charge is 0.459 e. The number of halogens is 2. The molecule has 2 amide bonds. The molecule has 8 nitrogen and oxygen atoms in total. The number of amides is 2. The Morgan fingerprint density at radius 3 is 2.72 bits per heavy atom. The molecule has 0 fully saturated rings. The molecule has 1 aromatic carbocycles. The van der Waals surface area contributed by atoms with Crippen molar-refractivity contribution in [2.24, 2.45) is 0 Å². The number of thioether (sulfide) groups is 1. The average molecular weight is 421 g/mol. The molecule has 3 aromatic rings. The van der Waals surface area contributed by atoms with E-state index in [-0.39, 0.29) is 29.7 Å². The van der Waals surface area contributed by atoms with Gasteiger partial charge in [0.15, 0.2) is 28.4 Å². The third-order valence-corrected chi connectivity index (χ3v) is 4.76. The van der Waals surface area contributed by atoms with Crippen molar-refractivity contribution in [1.29, 1.82) is 0 Å². The molecule has 0 radical (unpaired) electrons. The Balaban J connectivity index is 1.56. The normalized spacial score (nSPS) is 10.7. The first-order valence-corrected chi connectivity index (χ1v) is 9.58. The fourth-order valence-corrected chi connectivity index (χ4v) is 3.25. The van der Waals surface area contributed by atoms with Crippen LogP contribution in [0.2, 0.25) is 0 Å². The van der Waals surface area contributed by atoms with Gasteiger partial charge in [-0.15, -0.1) is 10.2 Å². The molecule has 0 spiro atoms. The Hall–Kier alpha value is -3.21. The smallest absolute Gasteiger partial charge is 0.287 e. The number of nitrogens with one attached hydrogen (secondary N) is 2. The van der Waals surface area contributed by atoms with Gasteiger partial charge < -0.3 is 19.6 Å². The Bertz CT molecular complexity index is 1010. The summed E-state index contributed by atoms with van der Waals surface area (Å²) in [6, 6.07) is 6.28. The number of rotatable bonds is 8. The predicted octanol–water partition coefficient (Wildman–Crippen LogP) is 2.83. The van der Waals surface area contributed by atoms with Gasteiger partial charge in [-0.05, 0) is 31.2 Å². The molecule has 2 aromatic heterocycles. The number of hydrogen-bond donors (Lipinski definition) is 2. The lowest BCUT2D eigenvalue weighted by Crippen LogP contribution is -2.24. The Labute approximate surface area is 168 Å². The van der Waals surface area contributed by atoms with Crippen molar-refractivity contribution in [3.63, 3.8) is 0 Å². The topological polar surface area (TPSA) is 102 Å². The van der Waals surface area contributed by atoms with E-state index >= 15 is 0 Å². The van der Waals surface area contributed by atoms with E-state index in [9.17, 15) is 18.4 Å². The number of furan rings is 1. The third kappa shape index (κ3) is 5.19. The van der Waals surface area contributed by atoms with Crippen molar-refractivity contribution in [2.45, 2.75) is 25.2 Å². The molecule has 2 heterocycles. The van der Waals surface area contributed by atoms with Gasteiger partial charge in [-0.2, -0.15) is 0 Å². The molecular weight excluding hydrogens is 404 g/mol. The van der Waals surface area contributed by atoms with Gasteiger partial charge in [0.1, 0.15) is 0 Å². The Morgan fingerprint density at radius 2 is 2.03 bits per heavy atom. The van der Waals surface area contributed by atoms with Crippen molar-refractivity contribution in [2.75, 3.05) is 11.1 Å². The van der Waals surface area contributed by atoms with Gasteiger partial charge in [0, 0.05) is 18.3 Å². The lowest BCUT2D eigenvalue weighted by molar-refractivity contribution is -0.113. The molecular formula is C18H17F2N5O3S. The monoisotopic (exact) mass is 421 g/mol. The maximum atomic E-state index is 13.2. The van der Waals surface area contributed by atoms with E-state index in [0.29, 0.717) is 17.5 Å². The molecule has 0 aliphatic carbocycles. The zero-order valence-electron chi connectivity index (χ0n) is 15.3. The Morgan fingerprint density at radius 1 is 1.21 bits per heavy atom. The number of anilines is 1. The molecule has 29 heavy (non-hydrogen) atoms. The van der Waals surface area contributed by atoms with Gasteiger partial charge in [0.25, 0.3) is 5.91 Å².